The summed E-state index contributed by atoms with van der Waals surface area (Å²) in [7, 11) is -3.99. The molecule has 0 saturated carbocycles. The molecule has 1 aromatic heterocycles. The zero-order valence-electron chi connectivity index (χ0n) is 19.0. The first-order valence-electron chi connectivity index (χ1n) is 10.5. The maximum atomic E-state index is 12.9. The van der Waals surface area contributed by atoms with Crippen LogP contribution in [0.3, 0.4) is 0 Å². The second-order valence-corrected chi connectivity index (χ2v) is 10.1. The third-order valence-corrected chi connectivity index (χ3v) is 6.79. The van der Waals surface area contributed by atoms with Crippen molar-refractivity contribution in [1.29, 1.82) is 0 Å². The topological polar surface area (TPSA) is 93.5 Å². The summed E-state index contributed by atoms with van der Waals surface area (Å²) in [6.07, 6.45) is -3.50. The van der Waals surface area contributed by atoms with Gasteiger partial charge in [-0.05, 0) is 42.3 Å². The van der Waals surface area contributed by atoms with Gasteiger partial charge in [0.15, 0.2) is 5.03 Å². The second-order valence-electron chi connectivity index (χ2n) is 7.47. The highest BCUT2D eigenvalue weighted by molar-refractivity contribution is 7.89. The molecule has 0 atom stereocenters. The van der Waals surface area contributed by atoms with Crippen LogP contribution in [0.15, 0.2) is 53.7 Å². The van der Waals surface area contributed by atoms with Crippen molar-refractivity contribution in [2.75, 3.05) is 11.4 Å². The van der Waals surface area contributed by atoms with Gasteiger partial charge < -0.3 is 4.74 Å². The first kappa shape index (κ1) is 27.8. The Balaban J connectivity index is 2.02. The first-order valence-corrected chi connectivity index (χ1v) is 12.7. The SMILES string of the molecule is CCNS(=O)(=O)c1cnc(N(C(C)=O)c2cc(Cl)cc(Cl)c2)n1CCc1ccc(OC(F)(F)F)cc1. The van der Waals surface area contributed by atoms with Crippen molar-refractivity contribution >= 4 is 50.8 Å². The van der Waals surface area contributed by atoms with Gasteiger partial charge in [0.25, 0.3) is 10.0 Å². The van der Waals surface area contributed by atoms with E-state index in [1.807, 2.05) is 0 Å². The number of rotatable bonds is 9. The number of anilines is 2. The van der Waals surface area contributed by atoms with Crippen LogP contribution in [0.25, 0.3) is 0 Å². The van der Waals surface area contributed by atoms with E-state index in [1.165, 1.54) is 46.7 Å². The highest BCUT2D eigenvalue weighted by Gasteiger charge is 2.31. The van der Waals surface area contributed by atoms with Crippen molar-refractivity contribution in [3.05, 3.63) is 64.3 Å². The molecule has 0 bridgehead atoms. The molecule has 0 radical (unpaired) electrons. The molecule has 0 aliphatic heterocycles. The summed E-state index contributed by atoms with van der Waals surface area (Å²) in [5.74, 6) is -0.874. The normalized spacial score (nSPS) is 12.0. The molecule has 8 nitrogen and oxygen atoms in total. The molecule has 1 N–H and O–H groups in total. The number of halogens is 5. The summed E-state index contributed by atoms with van der Waals surface area (Å²) in [5, 5.41) is 0.308. The Morgan fingerprint density at radius 3 is 2.28 bits per heavy atom. The number of nitrogens with one attached hydrogen (secondary N) is 1. The third-order valence-electron chi connectivity index (χ3n) is 4.81. The average molecular weight is 565 g/mol. The van der Waals surface area contributed by atoms with Gasteiger partial charge >= 0.3 is 6.36 Å². The fraction of sp³-hybridized carbons (Fsp3) is 0.273. The Bertz CT molecular complexity index is 1330. The largest absolute Gasteiger partial charge is 0.573 e. The van der Waals surface area contributed by atoms with E-state index in [-0.39, 0.29) is 52.0 Å². The van der Waals surface area contributed by atoms with Gasteiger partial charge in [0.05, 0.1) is 11.9 Å². The van der Waals surface area contributed by atoms with Gasteiger partial charge in [-0.15, -0.1) is 13.2 Å². The van der Waals surface area contributed by atoms with Crippen LogP contribution in [0.2, 0.25) is 10.0 Å². The molecule has 14 heteroatoms. The first-order chi connectivity index (χ1) is 16.8. The van der Waals surface area contributed by atoms with Crippen molar-refractivity contribution in [2.24, 2.45) is 0 Å². The maximum Gasteiger partial charge on any atom is 0.573 e. The average Bonchev–Trinajstić information content (AvgIpc) is 3.15. The molecule has 0 spiro atoms. The van der Waals surface area contributed by atoms with E-state index in [0.717, 1.165) is 18.3 Å². The van der Waals surface area contributed by atoms with Crippen molar-refractivity contribution in [3.8, 4) is 5.75 Å². The Kier molecular flexibility index (Phi) is 8.55. The zero-order chi connectivity index (χ0) is 26.7. The molecule has 3 rings (SSSR count). The third kappa shape index (κ3) is 6.90. The molecular formula is C22H21Cl2F3N4O4S. The Morgan fingerprint density at radius 2 is 1.75 bits per heavy atom. The van der Waals surface area contributed by atoms with Crippen molar-refractivity contribution in [2.45, 2.75) is 38.2 Å². The van der Waals surface area contributed by atoms with E-state index in [2.05, 4.69) is 14.4 Å². The van der Waals surface area contributed by atoms with Crippen LogP contribution in [0, 0.1) is 0 Å². The molecule has 0 aliphatic rings. The Morgan fingerprint density at radius 1 is 1.14 bits per heavy atom. The number of carbonyl (C=O) groups is 1. The minimum atomic E-state index is -4.82. The number of amides is 1. The molecule has 0 saturated heterocycles. The number of nitrogens with zero attached hydrogens (tertiary/aromatic N) is 3. The van der Waals surface area contributed by atoms with Gasteiger partial charge in [-0.1, -0.05) is 42.3 Å². The van der Waals surface area contributed by atoms with Crippen molar-refractivity contribution < 1.29 is 31.1 Å². The summed E-state index contributed by atoms with van der Waals surface area (Å²) in [5.41, 5.74) is 0.865. The van der Waals surface area contributed by atoms with Crippen LogP contribution in [-0.4, -0.2) is 36.8 Å². The summed E-state index contributed by atoms with van der Waals surface area (Å²) < 4.78 is 70.6. The van der Waals surface area contributed by atoms with E-state index < -0.39 is 22.3 Å². The van der Waals surface area contributed by atoms with E-state index in [1.54, 1.807) is 6.92 Å². The number of hydrogen-bond acceptors (Lipinski definition) is 5. The molecule has 0 aliphatic carbocycles. The number of sulfonamides is 1. The van der Waals surface area contributed by atoms with Crippen molar-refractivity contribution in [1.82, 2.24) is 14.3 Å². The van der Waals surface area contributed by atoms with E-state index in [4.69, 9.17) is 23.2 Å². The Labute approximate surface area is 215 Å². The molecule has 194 valence electrons. The number of aromatic nitrogens is 2. The highest BCUT2D eigenvalue weighted by atomic mass is 35.5. The lowest BCUT2D eigenvalue weighted by atomic mass is 10.1. The molecule has 3 aromatic rings. The van der Waals surface area contributed by atoms with E-state index >= 15 is 0 Å². The number of carbonyl (C=O) groups excluding carboxylic acids is 1. The summed E-state index contributed by atoms with van der Waals surface area (Å²) in [6, 6.07) is 9.60. The monoisotopic (exact) mass is 564 g/mol. The maximum absolute atomic E-state index is 12.9. The minimum Gasteiger partial charge on any atom is -0.406 e. The number of alkyl halides is 3. The fourth-order valence-electron chi connectivity index (χ4n) is 3.42. The zero-order valence-corrected chi connectivity index (χ0v) is 21.3. The summed E-state index contributed by atoms with van der Waals surface area (Å²) in [4.78, 5) is 18.0. The molecular weight excluding hydrogens is 544 g/mol. The predicted molar refractivity (Wildman–Crippen MR) is 129 cm³/mol. The number of hydrogen-bond donors (Lipinski definition) is 1. The van der Waals surface area contributed by atoms with E-state index in [9.17, 15) is 26.4 Å². The van der Waals surface area contributed by atoms with Gasteiger partial charge in [-0.25, -0.2) is 18.1 Å². The van der Waals surface area contributed by atoms with Gasteiger partial charge in [0, 0.05) is 30.1 Å². The quantitative estimate of drug-likeness (QED) is 0.380. The standard InChI is InChI=1S/C22H21Cl2F3N4O4S/c1-3-29-36(33,34)20-13-28-21(31(14(2)32)18-11-16(23)10-17(24)12-18)30(20)9-8-15-4-6-19(7-5-15)35-22(25,26)27/h4-7,10-13,29H,3,8-9H2,1-2H3. The highest BCUT2D eigenvalue weighted by Crippen LogP contribution is 2.32. The molecule has 1 amide bonds. The van der Waals surface area contributed by atoms with Gasteiger partial charge in [-0.3, -0.25) is 14.3 Å². The molecule has 0 fully saturated rings. The molecule has 1 heterocycles. The van der Waals surface area contributed by atoms with Crippen LogP contribution < -0.4 is 14.4 Å². The lowest BCUT2D eigenvalue weighted by molar-refractivity contribution is -0.274. The molecule has 2 aromatic carbocycles. The smallest absolute Gasteiger partial charge is 0.406 e. The Hall–Kier alpha value is -2.80. The second kappa shape index (κ2) is 11.1. The number of ether oxygens (including phenoxy) is 1. The predicted octanol–water partition coefficient (Wildman–Crippen LogP) is 5.31. The van der Waals surface area contributed by atoms with Crippen LogP contribution in [0.1, 0.15) is 19.4 Å². The number of benzene rings is 2. The summed E-state index contributed by atoms with van der Waals surface area (Å²) in [6.45, 7) is 3.02. The lowest BCUT2D eigenvalue weighted by Crippen LogP contribution is -2.29. The van der Waals surface area contributed by atoms with Crippen LogP contribution in [0.4, 0.5) is 24.8 Å². The summed E-state index contributed by atoms with van der Waals surface area (Å²) >= 11 is 12.2. The number of imidazole rings is 1. The van der Waals surface area contributed by atoms with Crippen LogP contribution in [0.5, 0.6) is 5.75 Å². The van der Waals surface area contributed by atoms with Gasteiger partial charge in [0.2, 0.25) is 11.9 Å². The molecule has 36 heavy (non-hydrogen) atoms. The molecule has 0 unspecified atom stereocenters. The van der Waals surface area contributed by atoms with Crippen LogP contribution >= 0.6 is 23.2 Å². The number of aryl methyl sites for hydroxylation is 1. The minimum absolute atomic E-state index is 0.00524. The van der Waals surface area contributed by atoms with Crippen molar-refractivity contribution in [3.63, 3.8) is 0 Å². The van der Waals surface area contributed by atoms with E-state index in [0.29, 0.717) is 5.56 Å². The fourth-order valence-corrected chi connectivity index (χ4v) is 5.12. The van der Waals surface area contributed by atoms with Gasteiger partial charge in [-0.2, -0.15) is 0 Å². The van der Waals surface area contributed by atoms with Crippen LogP contribution in [-0.2, 0) is 27.8 Å². The lowest BCUT2D eigenvalue weighted by Gasteiger charge is -2.23. The van der Waals surface area contributed by atoms with Gasteiger partial charge in [0.1, 0.15) is 5.75 Å².